The molecule has 2 saturated heterocycles. The van der Waals surface area contributed by atoms with Crippen molar-refractivity contribution in [3.63, 3.8) is 0 Å². The molecule has 0 amide bonds. The Hall–Kier alpha value is -4.66. The summed E-state index contributed by atoms with van der Waals surface area (Å²) in [7, 11) is 6.19. The van der Waals surface area contributed by atoms with Gasteiger partial charge in [-0.2, -0.15) is 0 Å². The van der Waals surface area contributed by atoms with Gasteiger partial charge in [0.1, 0.15) is 12.2 Å². The van der Waals surface area contributed by atoms with Crippen LogP contribution in [0.5, 0.6) is 0 Å². The Balaban J connectivity index is 0.000000195. The topological polar surface area (TPSA) is 83.1 Å². The van der Waals surface area contributed by atoms with E-state index in [1.54, 1.807) is 22.3 Å². The summed E-state index contributed by atoms with van der Waals surface area (Å²) in [5, 5.41) is 7.25. The average molecular weight is 1040 g/mol. The first-order valence-corrected chi connectivity index (χ1v) is 29.0. The fourth-order valence-corrected chi connectivity index (χ4v) is 14.0. The lowest BCUT2D eigenvalue weighted by Crippen LogP contribution is -2.59. The smallest absolute Gasteiger partial charge is 0.306 e. The molecule has 0 atom stereocenters. The van der Waals surface area contributed by atoms with Crippen molar-refractivity contribution in [2.24, 2.45) is 0 Å². The number of ether oxygens (including phenoxy) is 2. The Morgan fingerprint density at radius 2 is 0.776 bits per heavy atom. The Bertz CT molecular complexity index is 2440. The highest BCUT2D eigenvalue weighted by Gasteiger charge is 2.56. The maximum Gasteiger partial charge on any atom is 0.306 e. The molecule has 2 N–H and O–H groups in total. The monoisotopic (exact) mass is 1040 g/mol. The van der Waals surface area contributed by atoms with Gasteiger partial charge in [-0.05, 0) is 201 Å². The maximum absolute atomic E-state index is 12.3. The molecule has 4 aromatic rings. The number of fused-ring (bicyclic) bond motifs is 4. The van der Waals surface area contributed by atoms with Gasteiger partial charge in [0.25, 0.3) is 0 Å². The zero-order chi connectivity index (χ0) is 56.2. The summed E-state index contributed by atoms with van der Waals surface area (Å²) in [6.07, 6.45) is 12.9. The van der Waals surface area contributed by atoms with E-state index >= 15 is 0 Å². The van der Waals surface area contributed by atoms with E-state index in [4.69, 9.17) is 9.47 Å². The van der Waals surface area contributed by atoms with Gasteiger partial charge in [0, 0.05) is 104 Å². The number of hydrogen-bond acceptors (Lipinski definition) is 8. The van der Waals surface area contributed by atoms with Crippen LogP contribution in [0.1, 0.15) is 217 Å². The molecule has 0 aromatic heterocycles. The second kappa shape index (κ2) is 23.7. The minimum Gasteiger partial charge on any atom is -0.462 e. The molecule has 4 aliphatic rings. The van der Waals surface area contributed by atoms with E-state index in [-0.39, 0.29) is 62.5 Å². The number of benzene rings is 4. The van der Waals surface area contributed by atoms with Crippen molar-refractivity contribution in [2.75, 3.05) is 30.9 Å². The second-order valence-corrected chi connectivity index (χ2v) is 27.9. The van der Waals surface area contributed by atoms with Crippen molar-refractivity contribution in [1.82, 2.24) is 10.6 Å². The molecule has 4 aromatic carbocycles. The summed E-state index contributed by atoms with van der Waals surface area (Å²) in [5.41, 5.74) is 16.3. The number of nitrogens with zero attached hydrogens (tertiary/aromatic N) is 2. The van der Waals surface area contributed by atoms with Crippen LogP contribution in [0.25, 0.3) is 0 Å². The fourth-order valence-electron chi connectivity index (χ4n) is 14.0. The summed E-state index contributed by atoms with van der Waals surface area (Å²) in [6, 6.07) is 28.9. The third-order valence-electron chi connectivity index (χ3n) is 17.1. The van der Waals surface area contributed by atoms with Crippen LogP contribution in [0, 0.1) is 27.7 Å². The van der Waals surface area contributed by atoms with Gasteiger partial charge in [-0.3, -0.25) is 9.59 Å². The number of para-hydroxylation sites is 1. The number of esters is 2. The molecular formula is C68H102N4O4. The molecule has 8 heteroatoms. The molecule has 418 valence electrons. The third kappa shape index (κ3) is 15.5. The summed E-state index contributed by atoms with van der Waals surface area (Å²) >= 11 is 0. The zero-order valence-corrected chi connectivity index (χ0v) is 51.1. The van der Waals surface area contributed by atoms with Crippen molar-refractivity contribution in [1.29, 1.82) is 0 Å². The standard InChI is InChI=1S/C28H52N2O4.C25H32.C15H18N2/c1-25(2)17-21(18-26(3,4)29-25)33-23(31)15-13-11-9-10-12-14-16-24(32)34-22-19-27(5,6)30-28(7,8)20-22;1-15-9-19-21(11-17(15)3)25(13-23(19,5)6)14-24(7,8)20-10-16(2)18(4)12-22(20)25;1-16(2)13-9-11-15(12-10-13)17(3)14-7-5-4-6-8-14/h21-22,29-30H,9-20H2,1-8H3;9-12H,13-14H2,1-8H3;4-12H,1-3H3. The van der Waals surface area contributed by atoms with Crippen LogP contribution in [-0.2, 0) is 35.3 Å². The molecule has 1 spiro atoms. The van der Waals surface area contributed by atoms with Gasteiger partial charge < -0.3 is 29.9 Å². The van der Waals surface area contributed by atoms with Crippen LogP contribution in [0.4, 0.5) is 17.1 Å². The summed E-state index contributed by atoms with van der Waals surface area (Å²) < 4.78 is 11.6. The first-order chi connectivity index (χ1) is 35.2. The molecule has 2 aliphatic heterocycles. The van der Waals surface area contributed by atoms with E-state index in [2.05, 4.69) is 225 Å². The highest BCUT2D eigenvalue weighted by Crippen LogP contribution is 2.63. The molecule has 0 radical (unpaired) electrons. The quantitative estimate of drug-likeness (QED) is 0.0955. The number of piperidine rings is 2. The van der Waals surface area contributed by atoms with Crippen LogP contribution < -0.4 is 20.4 Å². The molecule has 2 fully saturated rings. The van der Waals surface area contributed by atoms with E-state index in [0.29, 0.717) is 12.8 Å². The number of anilines is 3. The number of aryl methyl sites for hydroxylation is 4. The lowest BCUT2D eigenvalue weighted by Gasteiger charge is -2.46. The first-order valence-electron chi connectivity index (χ1n) is 29.0. The van der Waals surface area contributed by atoms with Crippen LogP contribution in [0.2, 0.25) is 0 Å². The number of rotatable bonds is 14. The highest BCUT2D eigenvalue weighted by atomic mass is 16.5. The Kier molecular flexibility index (Phi) is 18.9. The number of hydrogen-bond donors (Lipinski definition) is 2. The van der Waals surface area contributed by atoms with Gasteiger partial charge >= 0.3 is 11.9 Å². The van der Waals surface area contributed by atoms with Gasteiger partial charge in [0.2, 0.25) is 0 Å². The third-order valence-corrected chi connectivity index (χ3v) is 17.1. The lowest BCUT2D eigenvalue weighted by molar-refractivity contribution is -0.154. The largest absolute Gasteiger partial charge is 0.462 e. The SMILES string of the molecule is CC1(C)CC(OC(=O)CCCCCCCCC(=O)OC2CC(C)(C)NC(C)(C)C2)CC(C)(C)N1.CN(C)c1ccc(N(C)c2ccccc2)cc1.Cc1cc2c(cc1C)C1(CC2(C)C)CC(C)(C)c2cc(C)c(C)cc21. The van der Waals surface area contributed by atoms with E-state index in [9.17, 15) is 9.59 Å². The van der Waals surface area contributed by atoms with Crippen LogP contribution in [0.15, 0.2) is 78.9 Å². The molecular weight excluding hydrogens is 937 g/mol. The molecule has 0 saturated carbocycles. The van der Waals surface area contributed by atoms with Crippen LogP contribution in [0.3, 0.4) is 0 Å². The molecule has 8 rings (SSSR count). The van der Waals surface area contributed by atoms with Gasteiger partial charge in [0.05, 0.1) is 0 Å². The molecule has 0 unspecified atom stereocenters. The number of unbranched alkanes of at least 4 members (excludes halogenated alkanes) is 5. The van der Waals surface area contributed by atoms with Gasteiger partial charge in [-0.25, -0.2) is 0 Å². The Morgan fingerprint density at radius 1 is 0.461 bits per heavy atom. The van der Waals surface area contributed by atoms with Gasteiger partial charge in [0.15, 0.2) is 0 Å². The van der Waals surface area contributed by atoms with Crippen molar-refractivity contribution >= 4 is 29.0 Å². The van der Waals surface area contributed by atoms with Crippen LogP contribution >= 0.6 is 0 Å². The highest BCUT2D eigenvalue weighted by molar-refractivity contribution is 5.70. The maximum atomic E-state index is 12.3. The van der Waals surface area contributed by atoms with E-state index in [1.165, 1.54) is 52.2 Å². The zero-order valence-electron chi connectivity index (χ0n) is 51.1. The van der Waals surface area contributed by atoms with Crippen molar-refractivity contribution < 1.29 is 19.1 Å². The first kappa shape index (κ1) is 60.6. The average Bonchev–Trinajstić information content (AvgIpc) is 3.63. The van der Waals surface area contributed by atoms with Gasteiger partial charge in [-0.15, -0.1) is 0 Å². The second-order valence-electron chi connectivity index (χ2n) is 27.9. The summed E-state index contributed by atoms with van der Waals surface area (Å²) in [6.45, 7) is 36.2. The lowest BCUT2D eigenvalue weighted by atomic mass is 9.72. The molecule has 2 heterocycles. The Morgan fingerprint density at radius 3 is 1.13 bits per heavy atom. The van der Waals surface area contributed by atoms with Crippen molar-refractivity contribution in [3.8, 4) is 0 Å². The number of carbonyl (C=O) groups is 2. The number of nitrogens with one attached hydrogen (secondary N) is 2. The van der Waals surface area contributed by atoms with E-state index in [0.717, 1.165) is 64.2 Å². The van der Waals surface area contributed by atoms with E-state index < -0.39 is 0 Å². The minimum atomic E-state index is -0.0643. The molecule has 8 nitrogen and oxygen atoms in total. The molecule has 0 bridgehead atoms. The summed E-state index contributed by atoms with van der Waals surface area (Å²) in [4.78, 5) is 28.9. The van der Waals surface area contributed by atoms with Crippen molar-refractivity contribution in [3.05, 3.63) is 123 Å². The Labute approximate surface area is 462 Å². The van der Waals surface area contributed by atoms with Crippen LogP contribution in [-0.4, -0.2) is 67.4 Å². The molecule has 2 aliphatic carbocycles. The minimum absolute atomic E-state index is 0.000484. The van der Waals surface area contributed by atoms with Crippen molar-refractivity contribution in [2.45, 2.75) is 251 Å². The number of carbonyl (C=O) groups excluding carboxylic acids is 2. The van der Waals surface area contributed by atoms with Gasteiger partial charge in [-0.1, -0.05) is 95.8 Å². The molecule has 76 heavy (non-hydrogen) atoms. The summed E-state index contributed by atoms with van der Waals surface area (Å²) in [5.74, 6) is -0.129. The predicted molar refractivity (Wildman–Crippen MR) is 321 cm³/mol. The fraction of sp³-hybridized carbons (Fsp3) is 0.618. The predicted octanol–water partition coefficient (Wildman–Crippen LogP) is 15.9. The van der Waals surface area contributed by atoms with E-state index in [1.807, 2.05) is 6.07 Å². The normalized spacial score (nSPS) is 20.0.